The topological polar surface area (TPSA) is 20.3 Å². The molecule has 1 saturated heterocycles. The van der Waals surface area contributed by atoms with Crippen molar-refractivity contribution in [1.29, 1.82) is 0 Å². The van der Waals surface area contributed by atoms with Gasteiger partial charge in [0.25, 0.3) is 5.91 Å². The number of benzene rings is 1. The van der Waals surface area contributed by atoms with Crippen molar-refractivity contribution >= 4 is 21.8 Å². The number of aryl methyl sites for hydroxylation is 1. The molecule has 0 aliphatic carbocycles. The highest BCUT2D eigenvalue weighted by atomic mass is 79.9. The monoisotopic (exact) mass is 309 g/mol. The maximum Gasteiger partial charge on any atom is 0.255 e. The molecule has 18 heavy (non-hydrogen) atoms. The molecule has 0 N–H and O–H groups in total. The van der Waals surface area contributed by atoms with Gasteiger partial charge in [0.05, 0.1) is 5.56 Å². The lowest BCUT2D eigenvalue weighted by Crippen LogP contribution is -2.45. The van der Waals surface area contributed by atoms with Crippen LogP contribution in [-0.4, -0.2) is 23.4 Å². The van der Waals surface area contributed by atoms with Crippen molar-refractivity contribution in [2.45, 2.75) is 39.7 Å². The Morgan fingerprint density at radius 3 is 2.78 bits per heavy atom. The molecule has 1 amide bonds. The summed E-state index contributed by atoms with van der Waals surface area (Å²) in [5, 5.41) is 0. The first-order valence-corrected chi connectivity index (χ1v) is 7.35. The van der Waals surface area contributed by atoms with Gasteiger partial charge in [-0.25, -0.2) is 0 Å². The van der Waals surface area contributed by atoms with Crippen LogP contribution in [0.4, 0.5) is 0 Å². The lowest BCUT2D eigenvalue weighted by molar-refractivity contribution is 0.0573. The van der Waals surface area contributed by atoms with E-state index in [4.69, 9.17) is 0 Å². The highest BCUT2D eigenvalue weighted by Gasteiger charge is 2.28. The van der Waals surface area contributed by atoms with Gasteiger partial charge in [-0.1, -0.05) is 18.6 Å². The van der Waals surface area contributed by atoms with E-state index in [-0.39, 0.29) is 5.91 Å². The number of halogens is 1. The van der Waals surface area contributed by atoms with Crippen LogP contribution in [0, 0.1) is 12.8 Å². The van der Waals surface area contributed by atoms with Crippen LogP contribution < -0.4 is 0 Å². The second-order valence-electron chi connectivity index (χ2n) is 5.47. The van der Waals surface area contributed by atoms with Gasteiger partial charge in [0.2, 0.25) is 0 Å². The molecule has 1 heterocycles. The SMILES string of the molecule is Cc1ccc(Br)c(C(=O)N2CC(C)CCC2C)c1. The van der Waals surface area contributed by atoms with E-state index in [0.29, 0.717) is 12.0 Å². The highest BCUT2D eigenvalue weighted by Crippen LogP contribution is 2.26. The van der Waals surface area contributed by atoms with Crippen molar-refractivity contribution in [2.24, 2.45) is 5.92 Å². The molecule has 1 aromatic rings. The molecule has 2 atom stereocenters. The third kappa shape index (κ3) is 2.77. The Balaban J connectivity index is 2.27. The molecule has 2 unspecified atom stereocenters. The van der Waals surface area contributed by atoms with Crippen LogP contribution in [0.1, 0.15) is 42.6 Å². The van der Waals surface area contributed by atoms with Gasteiger partial charge >= 0.3 is 0 Å². The summed E-state index contributed by atoms with van der Waals surface area (Å²) >= 11 is 3.49. The number of amides is 1. The highest BCUT2D eigenvalue weighted by molar-refractivity contribution is 9.10. The molecule has 1 aliphatic rings. The van der Waals surface area contributed by atoms with Crippen molar-refractivity contribution in [3.05, 3.63) is 33.8 Å². The van der Waals surface area contributed by atoms with Gasteiger partial charge in [-0.05, 0) is 60.7 Å². The Labute approximate surface area is 117 Å². The van der Waals surface area contributed by atoms with Gasteiger partial charge in [-0.15, -0.1) is 0 Å². The number of carbonyl (C=O) groups excluding carboxylic acids is 1. The van der Waals surface area contributed by atoms with Crippen molar-refractivity contribution in [3.8, 4) is 0 Å². The van der Waals surface area contributed by atoms with Crippen LogP contribution in [0.25, 0.3) is 0 Å². The van der Waals surface area contributed by atoms with Gasteiger partial charge in [0.1, 0.15) is 0 Å². The van der Waals surface area contributed by atoms with Crippen LogP contribution in [0.2, 0.25) is 0 Å². The van der Waals surface area contributed by atoms with Gasteiger partial charge in [-0.2, -0.15) is 0 Å². The molecule has 1 aliphatic heterocycles. The maximum atomic E-state index is 12.6. The number of hydrogen-bond donors (Lipinski definition) is 0. The van der Waals surface area contributed by atoms with Crippen LogP contribution in [-0.2, 0) is 0 Å². The largest absolute Gasteiger partial charge is 0.336 e. The first-order valence-electron chi connectivity index (χ1n) is 6.56. The molecular formula is C15H20BrNO. The summed E-state index contributed by atoms with van der Waals surface area (Å²) in [5.74, 6) is 0.762. The van der Waals surface area contributed by atoms with Gasteiger partial charge in [0.15, 0.2) is 0 Å². The van der Waals surface area contributed by atoms with Crippen LogP contribution in [0.15, 0.2) is 22.7 Å². The summed E-state index contributed by atoms with van der Waals surface area (Å²) in [4.78, 5) is 14.6. The molecule has 2 nitrogen and oxygen atoms in total. The molecule has 3 heteroatoms. The lowest BCUT2D eigenvalue weighted by Gasteiger charge is -2.37. The Kier molecular flexibility index (Phi) is 4.10. The van der Waals surface area contributed by atoms with E-state index in [9.17, 15) is 4.79 Å². The molecule has 1 aromatic carbocycles. The number of piperidine rings is 1. The summed E-state index contributed by atoms with van der Waals surface area (Å²) in [6, 6.07) is 6.29. The fourth-order valence-corrected chi connectivity index (χ4v) is 2.95. The Morgan fingerprint density at radius 1 is 1.33 bits per heavy atom. The fraction of sp³-hybridized carbons (Fsp3) is 0.533. The number of hydrogen-bond acceptors (Lipinski definition) is 1. The molecule has 0 radical (unpaired) electrons. The second-order valence-corrected chi connectivity index (χ2v) is 6.33. The smallest absolute Gasteiger partial charge is 0.255 e. The zero-order valence-corrected chi connectivity index (χ0v) is 12.8. The Morgan fingerprint density at radius 2 is 2.06 bits per heavy atom. The maximum absolute atomic E-state index is 12.6. The van der Waals surface area contributed by atoms with Crippen molar-refractivity contribution in [3.63, 3.8) is 0 Å². The Bertz CT molecular complexity index is 458. The molecule has 0 aromatic heterocycles. The van der Waals surface area contributed by atoms with E-state index in [1.54, 1.807) is 0 Å². The summed E-state index contributed by atoms with van der Waals surface area (Å²) in [6.07, 6.45) is 2.33. The number of carbonyl (C=O) groups is 1. The number of rotatable bonds is 1. The van der Waals surface area contributed by atoms with E-state index >= 15 is 0 Å². The van der Waals surface area contributed by atoms with E-state index in [1.807, 2.05) is 30.0 Å². The molecule has 0 spiro atoms. The summed E-state index contributed by atoms with van der Waals surface area (Å²) < 4.78 is 0.892. The Hall–Kier alpha value is -0.830. The zero-order valence-electron chi connectivity index (χ0n) is 11.2. The molecule has 0 bridgehead atoms. The summed E-state index contributed by atoms with van der Waals surface area (Å²) in [5.41, 5.74) is 1.91. The minimum atomic E-state index is 0.157. The predicted molar refractivity (Wildman–Crippen MR) is 77.8 cm³/mol. The minimum Gasteiger partial charge on any atom is -0.336 e. The lowest BCUT2D eigenvalue weighted by atomic mass is 9.94. The molecule has 2 rings (SSSR count). The molecular weight excluding hydrogens is 290 g/mol. The number of likely N-dealkylation sites (tertiary alicyclic amines) is 1. The van der Waals surface area contributed by atoms with Crippen molar-refractivity contribution < 1.29 is 4.79 Å². The first kappa shape index (κ1) is 13.6. The van der Waals surface area contributed by atoms with Crippen LogP contribution in [0.3, 0.4) is 0 Å². The summed E-state index contributed by atoms with van der Waals surface area (Å²) in [6.45, 7) is 7.26. The third-order valence-corrected chi connectivity index (χ3v) is 4.42. The van der Waals surface area contributed by atoms with Crippen LogP contribution >= 0.6 is 15.9 Å². The average Bonchev–Trinajstić information content (AvgIpc) is 2.34. The average molecular weight is 310 g/mol. The fourth-order valence-electron chi connectivity index (χ4n) is 2.53. The van der Waals surface area contributed by atoms with Crippen LogP contribution in [0.5, 0.6) is 0 Å². The van der Waals surface area contributed by atoms with Crippen molar-refractivity contribution in [1.82, 2.24) is 4.90 Å². The minimum absolute atomic E-state index is 0.157. The van der Waals surface area contributed by atoms with E-state index in [1.165, 1.54) is 6.42 Å². The standard InChI is InChI=1S/C15H20BrNO/c1-10-5-7-14(16)13(8-10)15(18)17-9-11(2)4-6-12(17)3/h5,7-8,11-12H,4,6,9H2,1-3H3. The quantitative estimate of drug-likeness (QED) is 0.767. The van der Waals surface area contributed by atoms with Gasteiger partial charge in [-0.3, -0.25) is 4.79 Å². The molecule has 0 saturated carbocycles. The number of nitrogens with zero attached hydrogens (tertiary/aromatic N) is 1. The van der Waals surface area contributed by atoms with Gasteiger partial charge < -0.3 is 4.90 Å². The van der Waals surface area contributed by atoms with E-state index in [2.05, 4.69) is 29.8 Å². The molecule has 1 fully saturated rings. The first-order chi connectivity index (χ1) is 8.49. The molecule has 98 valence electrons. The van der Waals surface area contributed by atoms with Gasteiger partial charge in [0, 0.05) is 17.1 Å². The third-order valence-electron chi connectivity index (χ3n) is 3.73. The van der Waals surface area contributed by atoms with E-state index in [0.717, 1.165) is 28.6 Å². The predicted octanol–water partition coefficient (Wildman–Crippen LogP) is 4.02. The summed E-state index contributed by atoms with van der Waals surface area (Å²) in [7, 11) is 0. The second kappa shape index (κ2) is 5.43. The normalized spacial score (nSPS) is 24.1. The van der Waals surface area contributed by atoms with Crippen molar-refractivity contribution in [2.75, 3.05) is 6.54 Å². The van der Waals surface area contributed by atoms with E-state index < -0.39 is 0 Å². The zero-order chi connectivity index (χ0) is 13.3.